The first-order chi connectivity index (χ1) is 13.3. The van der Waals surface area contributed by atoms with E-state index in [-0.39, 0.29) is 5.56 Å². The average molecular weight is 421 g/mol. The molecule has 1 heterocycles. The zero-order valence-electron chi connectivity index (χ0n) is 14.5. The van der Waals surface area contributed by atoms with Crippen molar-refractivity contribution in [2.45, 2.75) is 19.9 Å². The van der Waals surface area contributed by atoms with Crippen molar-refractivity contribution in [2.24, 2.45) is 4.99 Å². The zero-order chi connectivity index (χ0) is 20.4. The van der Waals surface area contributed by atoms with Crippen LogP contribution in [0.5, 0.6) is 0 Å². The summed E-state index contributed by atoms with van der Waals surface area (Å²) in [7, 11) is 0. The van der Waals surface area contributed by atoms with Crippen LogP contribution in [-0.2, 0) is 6.54 Å². The van der Waals surface area contributed by atoms with E-state index in [0.717, 1.165) is 34.8 Å². The molecule has 0 aliphatic heterocycles. The van der Waals surface area contributed by atoms with Gasteiger partial charge in [-0.1, -0.05) is 35.9 Å². The van der Waals surface area contributed by atoms with Crippen LogP contribution in [-0.4, -0.2) is 20.3 Å². The van der Waals surface area contributed by atoms with E-state index in [1.165, 1.54) is 11.3 Å². The summed E-state index contributed by atoms with van der Waals surface area (Å²) in [6.45, 7) is 2.52. The molecule has 0 aliphatic rings. The standard InChI is InChI=1S/C17H13ClN4O5S/c1-2-6-20-15-13(18)4-3-5-14(15)28-17(20)19-16(23)10-7-11(21(24)25)9-12(8-10)22(26)27/h3-5,7-9H,2,6H2,1H3. The number of nitro benzene ring substituents is 2. The van der Waals surface area contributed by atoms with Crippen LogP contribution in [0.4, 0.5) is 11.4 Å². The number of hydrogen-bond acceptors (Lipinski definition) is 6. The number of carbonyl (C=O) groups excluding carboxylic acids is 1. The van der Waals surface area contributed by atoms with Crippen LogP contribution >= 0.6 is 22.9 Å². The van der Waals surface area contributed by atoms with E-state index in [2.05, 4.69) is 4.99 Å². The predicted octanol–water partition coefficient (Wildman–Crippen LogP) is 4.32. The molecule has 0 atom stereocenters. The lowest BCUT2D eigenvalue weighted by Gasteiger charge is -2.04. The van der Waals surface area contributed by atoms with Gasteiger partial charge < -0.3 is 4.57 Å². The molecule has 2 aromatic carbocycles. The molecule has 28 heavy (non-hydrogen) atoms. The summed E-state index contributed by atoms with van der Waals surface area (Å²) in [6.07, 6.45) is 0.765. The number of aryl methyl sites for hydroxylation is 1. The zero-order valence-corrected chi connectivity index (χ0v) is 16.1. The number of thiazole rings is 1. The molecule has 1 amide bonds. The number of amides is 1. The van der Waals surface area contributed by atoms with Crippen LogP contribution in [0.25, 0.3) is 10.2 Å². The van der Waals surface area contributed by atoms with Crippen molar-refractivity contribution < 1.29 is 14.6 Å². The van der Waals surface area contributed by atoms with Crippen molar-refractivity contribution in [3.05, 3.63) is 72.0 Å². The Balaban J connectivity index is 2.18. The molecular formula is C17H13ClN4O5S. The monoisotopic (exact) mass is 420 g/mol. The number of benzene rings is 2. The quantitative estimate of drug-likeness (QED) is 0.449. The fourth-order valence-electron chi connectivity index (χ4n) is 2.68. The summed E-state index contributed by atoms with van der Waals surface area (Å²) in [5, 5.41) is 22.6. The molecule has 3 aromatic rings. The van der Waals surface area contributed by atoms with Gasteiger partial charge in [-0.25, -0.2) is 0 Å². The smallest absolute Gasteiger partial charge is 0.280 e. The molecule has 0 bridgehead atoms. The van der Waals surface area contributed by atoms with Crippen LogP contribution in [0, 0.1) is 20.2 Å². The maximum atomic E-state index is 12.6. The highest BCUT2D eigenvalue weighted by Gasteiger charge is 2.20. The van der Waals surface area contributed by atoms with Gasteiger partial charge in [0, 0.05) is 18.7 Å². The Kier molecular flexibility index (Phi) is 5.52. The molecule has 0 spiro atoms. The molecular weight excluding hydrogens is 408 g/mol. The van der Waals surface area contributed by atoms with E-state index < -0.39 is 27.1 Å². The van der Waals surface area contributed by atoms with Gasteiger partial charge in [-0.3, -0.25) is 25.0 Å². The SMILES string of the molecule is CCCn1c(=NC(=O)c2cc([N+](=O)[O-])cc([N+](=O)[O-])c2)sc2cccc(Cl)c21. The van der Waals surface area contributed by atoms with Gasteiger partial charge in [0.05, 0.1) is 36.7 Å². The van der Waals surface area contributed by atoms with E-state index in [4.69, 9.17) is 11.6 Å². The molecule has 0 saturated heterocycles. The van der Waals surface area contributed by atoms with Crippen molar-refractivity contribution in [1.82, 2.24) is 4.57 Å². The molecule has 0 fully saturated rings. The number of fused-ring (bicyclic) bond motifs is 1. The summed E-state index contributed by atoms with van der Waals surface area (Å²) in [6, 6.07) is 8.12. The molecule has 0 radical (unpaired) electrons. The largest absolute Gasteiger partial charge is 0.315 e. The van der Waals surface area contributed by atoms with Crippen LogP contribution in [0.2, 0.25) is 5.02 Å². The van der Waals surface area contributed by atoms with Crippen molar-refractivity contribution in [3.63, 3.8) is 0 Å². The van der Waals surface area contributed by atoms with E-state index in [1.807, 2.05) is 13.0 Å². The normalized spacial score (nSPS) is 11.7. The van der Waals surface area contributed by atoms with E-state index in [9.17, 15) is 25.0 Å². The average Bonchev–Trinajstić information content (AvgIpc) is 3.00. The fraction of sp³-hybridized carbons (Fsp3) is 0.176. The Morgan fingerprint density at radius 1 is 1.18 bits per heavy atom. The topological polar surface area (TPSA) is 121 Å². The van der Waals surface area contributed by atoms with Gasteiger partial charge in [-0.2, -0.15) is 4.99 Å². The molecule has 144 valence electrons. The highest BCUT2D eigenvalue weighted by atomic mass is 35.5. The summed E-state index contributed by atoms with van der Waals surface area (Å²) in [5.74, 6) is -0.806. The third-order valence-corrected chi connectivity index (χ3v) is 5.22. The van der Waals surface area contributed by atoms with Crippen molar-refractivity contribution in [3.8, 4) is 0 Å². The second-order valence-electron chi connectivity index (χ2n) is 5.79. The first-order valence-electron chi connectivity index (χ1n) is 8.12. The minimum absolute atomic E-state index is 0.229. The lowest BCUT2D eigenvalue weighted by Crippen LogP contribution is -2.17. The summed E-state index contributed by atoms with van der Waals surface area (Å²) in [5.41, 5.74) is -0.581. The van der Waals surface area contributed by atoms with Crippen LogP contribution in [0.3, 0.4) is 0 Å². The number of hydrogen-bond donors (Lipinski definition) is 0. The molecule has 1 aromatic heterocycles. The first kappa shape index (κ1) is 19.6. The van der Waals surface area contributed by atoms with Gasteiger partial charge >= 0.3 is 0 Å². The second-order valence-corrected chi connectivity index (χ2v) is 7.21. The third kappa shape index (κ3) is 3.78. The third-order valence-electron chi connectivity index (χ3n) is 3.87. The van der Waals surface area contributed by atoms with Gasteiger partial charge in [0.15, 0.2) is 4.80 Å². The molecule has 0 N–H and O–H groups in total. The van der Waals surface area contributed by atoms with E-state index >= 15 is 0 Å². The Morgan fingerprint density at radius 2 is 1.82 bits per heavy atom. The number of non-ortho nitro benzene ring substituents is 2. The summed E-state index contributed by atoms with van der Waals surface area (Å²) in [4.78, 5) is 37.5. The number of nitro groups is 2. The minimum atomic E-state index is -0.806. The Labute approximate surface area is 166 Å². The Morgan fingerprint density at radius 3 is 2.39 bits per heavy atom. The number of halogens is 1. The number of rotatable bonds is 5. The van der Waals surface area contributed by atoms with E-state index in [1.54, 1.807) is 16.7 Å². The molecule has 11 heteroatoms. The van der Waals surface area contributed by atoms with Crippen molar-refractivity contribution in [2.75, 3.05) is 0 Å². The maximum absolute atomic E-state index is 12.6. The van der Waals surface area contributed by atoms with E-state index in [0.29, 0.717) is 16.4 Å². The summed E-state index contributed by atoms with van der Waals surface area (Å²) >= 11 is 7.53. The first-order valence-corrected chi connectivity index (χ1v) is 9.32. The highest BCUT2D eigenvalue weighted by molar-refractivity contribution is 7.16. The Hall–Kier alpha value is -3.11. The molecule has 3 rings (SSSR count). The van der Waals surface area contributed by atoms with Gasteiger partial charge in [-0.15, -0.1) is 0 Å². The number of carbonyl (C=O) groups is 1. The van der Waals surface area contributed by atoms with Crippen LogP contribution in [0.1, 0.15) is 23.7 Å². The van der Waals surface area contributed by atoms with Crippen molar-refractivity contribution >= 4 is 50.4 Å². The highest BCUT2D eigenvalue weighted by Crippen LogP contribution is 2.26. The summed E-state index contributed by atoms with van der Waals surface area (Å²) < 4.78 is 2.63. The molecule has 9 nitrogen and oxygen atoms in total. The number of aromatic nitrogens is 1. The Bertz CT molecular complexity index is 1150. The molecule has 0 aliphatic carbocycles. The van der Waals surface area contributed by atoms with Gasteiger partial charge in [0.2, 0.25) is 0 Å². The van der Waals surface area contributed by atoms with Crippen molar-refractivity contribution in [1.29, 1.82) is 0 Å². The minimum Gasteiger partial charge on any atom is -0.315 e. The van der Waals surface area contributed by atoms with Gasteiger partial charge in [0.25, 0.3) is 17.3 Å². The molecule has 0 unspecified atom stereocenters. The van der Waals surface area contributed by atoms with Crippen LogP contribution in [0.15, 0.2) is 41.4 Å². The number of nitrogens with zero attached hydrogens (tertiary/aromatic N) is 4. The van der Waals surface area contributed by atoms with Gasteiger partial charge in [-0.05, 0) is 18.6 Å². The fourth-order valence-corrected chi connectivity index (χ4v) is 4.10. The predicted molar refractivity (Wildman–Crippen MR) is 105 cm³/mol. The van der Waals surface area contributed by atoms with Crippen LogP contribution < -0.4 is 4.80 Å². The maximum Gasteiger partial charge on any atom is 0.280 e. The van der Waals surface area contributed by atoms with Gasteiger partial charge in [0.1, 0.15) is 0 Å². The second kappa shape index (κ2) is 7.87. The number of para-hydroxylation sites is 1. The molecule has 0 saturated carbocycles. The lowest BCUT2D eigenvalue weighted by atomic mass is 10.1. The lowest BCUT2D eigenvalue weighted by molar-refractivity contribution is -0.394.